The van der Waals surface area contributed by atoms with Crippen molar-refractivity contribution in [3.05, 3.63) is 45.4 Å². The number of Topliss-reactive ketones (excluding diaryl/α,β-unsaturated/α-hetero) is 1. The zero-order valence-electron chi connectivity index (χ0n) is 22.0. The molecular formula is C30H45N2O2S+. The molecule has 192 valence electrons. The molecule has 0 bridgehead atoms. The standard InChI is InChI=1S/C30H44N2O2S/c1-3-5-7-9-11-13-15-27-29(16-14-12-10-8-6-4-2)35-23-32(27)22-28(33)25-17-19-26-24(21-25)18-20-30(34)31-26/h17,19,21,23H,3-16,18,20,22H2,1-2H3/p+1. The van der Waals surface area contributed by atoms with Gasteiger partial charge in [-0.05, 0) is 49.4 Å². The van der Waals surface area contributed by atoms with Crippen LogP contribution in [0.5, 0.6) is 0 Å². The van der Waals surface area contributed by atoms with Crippen LogP contribution in [0.15, 0.2) is 23.7 Å². The lowest BCUT2D eigenvalue weighted by molar-refractivity contribution is -0.686. The summed E-state index contributed by atoms with van der Waals surface area (Å²) in [4.78, 5) is 26.4. The number of fused-ring (bicyclic) bond motifs is 1. The van der Waals surface area contributed by atoms with E-state index in [-0.39, 0.29) is 11.7 Å². The number of aromatic nitrogens is 1. The zero-order valence-corrected chi connectivity index (χ0v) is 22.8. The van der Waals surface area contributed by atoms with Crippen LogP contribution in [-0.4, -0.2) is 11.7 Å². The fraction of sp³-hybridized carbons (Fsp3) is 0.633. The Kier molecular flexibility index (Phi) is 12.0. The van der Waals surface area contributed by atoms with Gasteiger partial charge in [0.15, 0.2) is 5.69 Å². The summed E-state index contributed by atoms with van der Waals surface area (Å²) < 4.78 is 2.23. The molecule has 0 radical (unpaired) electrons. The number of nitrogens with zero attached hydrogens (tertiary/aromatic N) is 1. The number of ketones is 1. The van der Waals surface area contributed by atoms with Crippen molar-refractivity contribution in [2.45, 2.75) is 123 Å². The fourth-order valence-electron chi connectivity index (χ4n) is 4.98. The molecular weight excluding hydrogens is 452 g/mol. The number of carbonyl (C=O) groups excluding carboxylic acids is 2. The van der Waals surface area contributed by atoms with Crippen LogP contribution < -0.4 is 9.88 Å². The number of nitrogens with one attached hydrogen (secondary N) is 1. The van der Waals surface area contributed by atoms with Crippen LogP contribution in [0.4, 0.5) is 5.69 Å². The molecule has 1 N–H and O–H groups in total. The summed E-state index contributed by atoms with van der Waals surface area (Å²) in [5, 5.41) is 2.91. The third kappa shape index (κ3) is 8.86. The molecule has 0 aliphatic carbocycles. The Balaban J connectivity index is 1.63. The summed E-state index contributed by atoms with van der Waals surface area (Å²) >= 11 is 1.84. The molecule has 0 spiro atoms. The van der Waals surface area contributed by atoms with Gasteiger partial charge in [-0.3, -0.25) is 9.59 Å². The number of unbranched alkanes of at least 4 members (excludes halogenated alkanes) is 10. The van der Waals surface area contributed by atoms with E-state index in [1.807, 2.05) is 29.5 Å². The van der Waals surface area contributed by atoms with E-state index in [4.69, 9.17) is 0 Å². The van der Waals surface area contributed by atoms with E-state index in [1.54, 1.807) is 0 Å². The molecule has 3 rings (SSSR count). The second kappa shape index (κ2) is 15.2. The first-order valence-electron chi connectivity index (χ1n) is 14.1. The molecule has 35 heavy (non-hydrogen) atoms. The Morgan fingerprint density at radius 3 is 2.26 bits per heavy atom. The number of hydrogen-bond acceptors (Lipinski definition) is 3. The average Bonchev–Trinajstić information content (AvgIpc) is 3.24. The van der Waals surface area contributed by atoms with E-state index in [0.29, 0.717) is 19.4 Å². The summed E-state index contributed by atoms with van der Waals surface area (Å²) in [6.45, 7) is 4.93. The predicted octanol–water partition coefficient (Wildman–Crippen LogP) is 7.61. The molecule has 5 heteroatoms. The van der Waals surface area contributed by atoms with Gasteiger partial charge in [0.2, 0.25) is 23.7 Å². The van der Waals surface area contributed by atoms with E-state index in [1.165, 1.54) is 87.6 Å². The third-order valence-corrected chi connectivity index (χ3v) is 8.24. The predicted molar refractivity (Wildman–Crippen MR) is 146 cm³/mol. The summed E-state index contributed by atoms with van der Waals surface area (Å²) in [5.74, 6) is 0.213. The lowest BCUT2D eigenvalue weighted by Gasteiger charge is -2.17. The maximum atomic E-state index is 13.2. The number of amides is 1. The van der Waals surface area contributed by atoms with E-state index in [2.05, 4.69) is 29.2 Å². The van der Waals surface area contributed by atoms with Gasteiger partial charge in [0.25, 0.3) is 0 Å². The lowest BCUT2D eigenvalue weighted by Crippen LogP contribution is -2.40. The van der Waals surface area contributed by atoms with Crippen molar-refractivity contribution in [2.24, 2.45) is 0 Å². The minimum Gasteiger partial charge on any atom is -0.326 e. The first-order valence-corrected chi connectivity index (χ1v) is 14.9. The quantitative estimate of drug-likeness (QED) is 0.139. The molecule has 2 aromatic rings. The Labute approximate surface area is 216 Å². The molecule has 0 unspecified atom stereocenters. The highest BCUT2D eigenvalue weighted by molar-refractivity contribution is 7.09. The van der Waals surface area contributed by atoms with Crippen LogP contribution in [0.3, 0.4) is 0 Å². The molecule has 0 saturated heterocycles. The maximum Gasteiger partial charge on any atom is 0.227 e. The maximum absolute atomic E-state index is 13.2. The number of hydrogen-bond donors (Lipinski definition) is 1. The first-order chi connectivity index (χ1) is 17.1. The average molecular weight is 498 g/mol. The molecule has 1 aliphatic heterocycles. The van der Waals surface area contributed by atoms with Crippen molar-refractivity contribution in [3.63, 3.8) is 0 Å². The van der Waals surface area contributed by atoms with Crippen molar-refractivity contribution in [3.8, 4) is 0 Å². The van der Waals surface area contributed by atoms with Gasteiger partial charge in [-0.1, -0.05) is 89.4 Å². The topological polar surface area (TPSA) is 50.0 Å². The molecule has 2 heterocycles. The summed E-state index contributed by atoms with van der Waals surface area (Å²) in [6.07, 6.45) is 19.0. The molecule has 1 aromatic carbocycles. The number of benzene rings is 1. The Bertz CT molecular complexity index is 950. The van der Waals surface area contributed by atoms with E-state index < -0.39 is 0 Å². The molecule has 1 aliphatic rings. The molecule has 0 fully saturated rings. The summed E-state index contributed by atoms with van der Waals surface area (Å²) in [6, 6.07) is 5.73. The van der Waals surface area contributed by atoms with Crippen LogP contribution in [0.25, 0.3) is 0 Å². The van der Waals surface area contributed by atoms with Crippen molar-refractivity contribution < 1.29 is 14.2 Å². The second-order valence-corrected chi connectivity index (χ2v) is 11.0. The van der Waals surface area contributed by atoms with Crippen LogP contribution in [0, 0.1) is 0 Å². The summed E-state index contributed by atoms with van der Waals surface area (Å²) in [7, 11) is 0. The molecule has 0 atom stereocenters. The normalized spacial score (nSPS) is 13.0. The Hall–Kier alpha value is -2.01. The van der Waals surface area contributed by atoms with Gasteiger partial charge in [0.05, 0.1) is 4.88 Å². The molecule has 0 saturated carbocycles. The van der Waals surface area contributed by atoms with Crippen LogP contribution in [-0.2, 0) is 30.6 Å². The summed E-state index contributed by atoms with van der Waals surface area (Å²) in [5.41, 5.74) is 6.24. The van der Waals surface area contributed by atoms with E-state index in [0.717, 1.165) is 29.7 Å². The molecule has 1 amide bonds. The Morgan fingerprint density at radius 1 is 0.886 bits per heavy atom. The van der Waals surface area contributed by atoms with E-state index in [9.17, 15) is 9.59 Å². The van der Waals surface area contributed by atoms with E-state index >= 15 is 0 Å². The zero-order chi connectivity index (χ0) is 24.9. The van der Waals surface area contributed by atoms with Crippen molar-refractivity contribution in [2.75, 3.05) is 5.32 Å². The third-order valence-electron chi connectivity index (χ3n) is 7.15. The highest BCUT2D eigenvalue weighted by Gasteiger charge is 2.23. The minimum absolute atomic E-state index is 0.0580. The highest BCUT2D eigenvalue weighted by Crippen LogP contribution is 2.24. The highest BCUT2D eigenvalue weighted by atomic mass is 32.1. The van der Waals surface area contributed by atoms with Gasteiger partial charge in [0.1, 0.15) is 0 Å². The van der Waals surface area contributed by atoms with Gasteiger partial charge >= 0.3 is 0 Å². The van der Waals surface area contributed by atoms with Crippen LogP contribution >= 0.6 is 11.3 Å². The fourth-order valence-corrected chi connectivity index (χ4v) is 6.05. The smallest absolute Gasteiger partial charge is 0.227 e. The van der Waals surface area contributed by atoms with Gasteiger partial charge in [-0.2, -0.15) is 4.57 Å². The number of anilines is 1. The van der Waals surface area contributed by atoms with Crippen LogP contribution in [0.1, 0.15) is 124 Å². The molecule has 4 nitrogen and oxygen atoms in total. The number of rotatable bonds is 17. The monoisotopic (exact) mass is 497 g/mol. The minimum atomic E-state index is 0.0580. The van der Waals surface area contributed by atoms with Crippen molar-refractivity contribution in [1.29, 1.82) is 0 Å². The molecule has 1 aromatic heterocycles. The Morgan fingerprint density at radius 2 is 1.54 bits per heavy atom. The second-order valence-electron chi connectivity index (χ2n) is 10.1. The lowest BCUT2D eigenvalue weighted by atomic mass is 9.98. The van der Waals surface area contributed by atoms with Gasteiger partial charge in [-0.15, -0.1) is 0 Å². The van der Waals surface area contributed by atoms with Gasteiger partial charge in [0, 0.05) is 24.1 Å². The van der Waals surface area contributed by atoms with Crippen molar-refractivity contribution >= 4 is 28.7 Å². The van der Waals surface area contributed by atoms with Gasteiger partial charge < -0.3 is 5.32 Å². The van der Waals surface area contributed by atoms with Gasteiger partial charge in [-0.25, -0.2) is 0 Å². The number of aryl methyl sites for hydroxylation is 2. The first kappa shape index (κ1) is 27.6. The van der Waals surface area contributed by atoms with Crippen molar-refractivity contribution in [1.82, 2.24) is 0 Å². The SMILES string of the molecule is CCCCCCCCc1sc[n+](CC(=O)c2ccc3c(c2)CCC(=O)N3)c1CCCCCCCC. The largest absolute Gasteiger partial charge is 0.326 e. The number of carbonyl (C=O) groups is 2. The van der Waals surface area contributed by atoms with Crippen LogP contribution in [0.2, 0.25) is 0 Å². The number of thiazole rings is 1.